The van der Waals surface area contributed by atoms with Crippen LogP contribution >= 0.6 is 23.2 Å². The Kier molecular flexibility index (Phi) is 22.9. The summed E-state index contributed by atoms with van der Waals surface area (Å²) < 4.78 is 164. The van der Waals surface area contributed by atoms with E-state index < -0.39 is 49.1 Å². The van der Waals surface area contributed by atoms with Crippen LogP contribution in [0.5, 0.6) is 23.0 Å². The monoisotopic (exact) mass is 1540 g/mol. The van der Waals surface area contributed by atoms with Crippen LogP contribution in [-0.2, 0) is 29.8 Å². The van der Waals surface area contributed by atoms with Crippen LogP contribution in [0.4, 0.5) is 26.3 Å². The molecule has 1 N–H and O–H groups in total. The van der Waals surface area contributed by atoms with Crippen LogP contribution in [0.15, 0.2) is 289 Å². The molecule has 12 rings (SSSR count). The summed E-state index contributed by atoms with van der Waals surface area (Å²) in [6, 6.07) is 68.5. The number of carbonyl (C=O) groups is 4. The second-order valence-electron chi connectivity index (χ2n) is 26.4. The van der Waals surface area contributed by atoms with Crippen molar-refractivity contribution >= 4 is 66.6 Å². The van der Waals surface area contributed by atoms with Gasteiger partial charge in [-0.1, -0.05) is 207 Å². The van der Waals surface area contributed by atoms with E-state index in [-0.39, 0.29) is 73.5 Å². The van der Waals surface area contributed by atoms with Gasteiger partial charge in [0.25, 0.3) is 20.2 Å². The Labute approximate surface area is 629 Å². The molecule has 548 valence electrons. The third-order valence-corrected chi connectivity index (χ3v) is 20.2. The van der Waals surface area contributed by atoms with Crippen LogP contribution in [0.3, 0.4) is 0 Å². The first-order valence-electron chi connectivity index (χ1n) is 33.2. The van der Waals surface area contributed by atoms with E-state index >= 15 is 26.3 Å². The molecule has 0 spiro atoms. The Balaban J connectivity index is 0.000000312. The van der Waals surface area contributed by atoms with Crippen LogP contribution in [0.1, 0.15) is 107 Å². The van der Waals surface area contributed by atoms with Gasteiger partial charge in [0.1, 0.15) is 23.0 Å². The van der Waals surface area contributed by atoms with Gasteiger partial charge in [0.15, 0.2) is 23.1 Å². The van der Waals surface area contributed by atoms with Crippen molar-refractivity contribution in [2.75, 3.05) is 6.61 Å². The SMILES string of the molecule is CC(C)(C)COS(=O)(=O)c1ccc(-c2ccc(C(=O)c3cc(Cl)ccc3Cl)cc2)cc1.Cc1ccc(C(=O)c2ccc(Oc3ccc(C(c4ccc(Oc5ccc(C(=O)c6ccc(-c7ccc(C)c(C(=O)c8ccc(-c9ccc(S(=O)(=O)O)cc9)cc8)c7)cc6)cc5)cc4)(C(F)(F)F)C(F)(F)F)cc3)cc2)cc1. The molecule has 0 saturated heterocycles. The van der Waals surface area contributed by atoms with E-state index in [0.717, 1.165) is 63.2 Å². The fourth-order valence-electron chi connectivity index (χ4n) is 11.6. The van der Waals surface area contributed by atoms with Gasteiger partial charge in [-0.3, -0.25) is 27.9 Å². The number of benzene rings is 12. The molecule has 0 saturated carbocycles. The number of aryl methyl sites for hydroxylation is 2. The summed E-state index contributed by atoms with van der Waals surface area (Å²) in [5, 5.41) is 0.773. The van der Waals surface area contributed by atoms with Gasteiger partial charge in [-0.2, -0.15) is 43.2 Å². The van der Waals surface area contributed by atoms with Crippen molar-refractivity contribution in [3.63, 3.8) is 0 Å². The maximum atomic E-state index is 15.0. The maximum absolute atomic E-state index is 15.0. The van der Waals surface area contributed by atoms with E-state index in [9.17, 15) is 40.6 Å². The first-order chi connectivity index (χ1) is 51.0. The number of halogens is 8. The minimum absolute atomic E-state index is 0.0418. The summed E-state index contributed by atoms with van der Waals surface area (Å²) >= 11 is 12.1. The van der Waals surface area contributed by atoms with Crippen LogP contribution in [0.2, 0.25) is 10.0 Å². The lowest BCUT2D eigenvalue weighted by molar-refractivity contribution is -0.288. The molecule has 108 heavy (non-hydrogen) atoms. The zero-order valence-corrected chi connectivity index (χ0v) is 61.2. The third-order valence-electron chi connectivity index (χ3n) is 17.5. The highest BCUT2D eigenvalue weighted by Gasteiger charge is 2.72. The van der Waals surface area contributed by atoms with Crippen LogP contribution < -0.4 is 9.47 Å². The van der Waals surface area contributed by atoms with E-state index in [0.29, 0.717) is 78.8 Å². The van der Waals surface area contributed by atoms with Crippen LogP contribution in [0, 0.1) is 19.3 Å². The molecule has 12 aromatic carbocycles. The van der Waals surface area contributed by atoms with Gasteiger partial charge < -0.3 is 9.47 Å². The molecule has 0 bridgehead atoms. The molecule has 0 atom stereocenters. The zero-order valence-electron chi connectivity index (χ0n) is 58.0. The molecule has 12 aromatic rings. The van der Waals surface area contributed by atoms with Gasteiger partial charge >= 0.3 is 12.4 Å². The van der Waals surface area contributed by atoms with E-state index in [1.54, 1.807) is 146 Å². The lowest BCUT2D eigenvalue weighted by Gasteiger charge is -2.38. The first-order valence-corrected chi connectivity index (χ1v) is 36.8. The summed E-state index contributed by atoms with van der Waals surface area (Å²) in [5.74, 6) is -0.800. The largest absolute Gasteiger partial charge is 0.457 e. The molecule has 0 radical (unpaired) electrons. The van der Waals surface area contributed by atoms with Crippen molar-refractivity contribution in [3.05, 3.63) is 356 Å². The summed E-state index contributed by atoms with van der Waals surface area (Å²) in [5.41, 5.74) is 2.47. The minimum atomic E-state index is -5.85. The number of carbonyl (C=O) groups excluding carboxylic acids is 4. The van der Waals surface area contributed by atoms with Gasteiger partial charge in [0.2, 0.25) is 5.41 Å². The molecule has 0 aliphatic carbocycles. The fraction of sp³-hybridized carbons (Fsp3) is 0.116. The smallest absolute Gasteiger partial charge is 0.411 e. The second-order valence-corrected chi connectivity index (χ2v) is 30.3. The number of hydrogen-bond acceptors (Lipinski definition) is 11. The Morgan fingerprint density at radius 3 is 1.06 bits per heavy atom. The summed E-state index contributed by atoms with van der Waals surface area (Å²) in [7, 11) is -8.16. The Morgan fingerprint density at radius 1 is 0.370 bits per heavy atom. The molecule has 0 amide bonds. The van der Waals surface area contributed by atoms with E-state index in [4.69, 9.17) is 36.9 Å². The molecule has 22 heteroatoms. The number of hydrogen-bond donors (Lipinski definition) is 1. The quantitative estimate of drug-likeness (QED) is 0.0311. The second kappa shape index (κ2) is 31.8. The molecule has 0 unspecified atom stereocenters. The Morgan fingerprint density at radius 2 is 0.685 bits per heavy atom. The van der Waals surface area contributed by atoms with E-state index in [1.165, 1.54) is 72.8 Å². The molecule has 0 aliphatic heterocycles. The average Bonchev–Trinajstić information content (AvgIpc) is 0.716. The maximum Gasteiger partial charge on any atom is 0.411 e. The number of ketones is 4. The van der Waals surface area contributed by atoms with Crippen molar-refractivity contribution in [1.82, 2.24) is 0 Å². The van der Waals surface area contributed by atoms with Gasteiger partial charge in [-0.25, -0.2) is 0 Å². The van der Waals surface area contributed by atoms with Crippen LogP contribution in [-0.4, -0.2) is 63.5 Å². The molecule has 0 fully saturated rings. The molecule has 12 nitrogen and oxygen atoms in total. The summed E-state index contributed by atoms with van der Waals surface area (Å²) in [6.45, 7) is 9.51. The minimum Gasteiger partial charge on any atom is -0.457 e. The summed E-state index contributed by atoms with van der Waals surface area (Å²) in [4.78, 5) is 52.7. The van der Waals surface area contributed by atoms with Crippen molar-refractivity contribution in [3.8, 4) is 56.4 Å². The Hall–Kier alpha value is -11.1. The Bertz CT molecular complexity index is 5530. The van der Waals surface area contributed by atoms with Gasteiger partial charge in [-0.15, -0.1) is 0 Å². The van der Waals surface area contributed by atoms with Crippen molar-refractivity contribution in [2.24, 2.45) is 5.41 Å². The van der Waals surface area contributed by atoms with Crippen molar-refractivity contribution in [1.29, 1.82) is 0 Å². The number of ether oxygens (including phenoxy) is 2. The number of rotatable bonds is 21. The predicted octanol–water partition coefficient (Wildman–Crippen LogP) is 22.2. The van der Waals surface area contributed by atoms with E-state index in [2.05, 4.69) is 0 Å². The molecular formula is C86H64Cl2F6O12S2. The molecule has 0 aromatic heterocycles. The average molecular weight is 1540 g/mol. The van der Waals surface area contributed by atoms with Crippen molar-refractivity contribution in [2.45, 2.75) is 62.2 Å². The zero-order chi connectivity index (χ0) is 77.7. The fourth-order valence-corrected chi connectivity index (χ4v) is 13.6. The first kappa shape index (κ1) is 78.0. The number of alkyl halides is 6. The molecular weight excluding hydrogens is 1470 g/mol. The lowest BCUT2D eigenvalue weighted by atomic mass is 9.73. The summed E-state index contributed by atoms with van der Waals surface area (Å²) in [6.07, 6.45) is -11.7. The topological polar surface area (TPSA) is 184 Å². The lowest BCUT2D eigenvalue weighted by Crippen LogP contribution is -2.54. The van der Waals surface area contributed by atoms with Gasteiger partial charge in [0, 0.05) is 49.5 Å². The van der Waals surface area contributed by atoms with Crippen molar-refractivity contribution < 1.29 is 80.6 Å². The van der Waals surface area contributed by atoms with Crippen LogP contribution in [0.25, 0.3) is 33.4 Å². The normalized spacial score (nSPS) is 12.0. The highest BCUT2D eigenvalue weighted by Crippen LogP contribution is 2.57. The highest BCUT2D eigenvalue weighted by atomic mass is 35.5. The van der Waals surface area contributed by atoms with Gasteiger partial charge in [0.05, 0.1) is 21.4 Å². The predicted molar refractivity (Wildman–Crippen MR) is 403 cm³/mol. The molecule has 0 aliphatic rings. The van der Waals surface area contributed by atoms with Gasteiger partial charge in [-0.05, 0) is 191 Å². The molecule has 0 heterocycles. The van der Waals surface area contributed by atoms with E-state index in [1.807, 2.05) is 46.8 Å². The third kappa shape index (κ3) is 18.0. The highest BCUT2D eigenvalue weighted by molar-refractivity contribution is 7.86. The standard InChI is InChI=1S/C62H42F6O8S.C24H22Cl2O4S/c1-38-3-6-43(7-4-38)57(69)45-17-27-51(28-18-45)75-53-31-23-49(24-32-53)60(61(63,64)65,62(66,67)68)50-25-33-54(34-26-50)76-52-29-19-46(20-30-52)58(70)44-13-11-42(12-14-44)48-8-5-39(2)56(37-48)59(71)47-15-9-40(10-16-47)41-21-35-55(36-22-41)77(72,73)74;1-24(2,3)15-30-31(28,29)20-11-8-17(9-12-20)16-4-6-18(7-5-16)23(27)21-14-19(25)10-13-22(21)26/h3-37H,1-2H3,(H,72,73,74);4-14H,15H2,1-3H3.